The Labute approximate surface area is 293 Å². The van der Waals surface area contributed by atoms with E-state index < -0.39 is 32.0 Å². The van der Waals surface area contributed by atoms with E-state index in [1.165, 1.54) is 25.0 Å². The van der Waals surface area contributed by atoms with Gasteiger partial charge < -0.3 is 29.0 Å². The van der Waals surface area contributed by atoms with E-state index in [2.05, 4.69) is 48.4 Å². The van der Waals surface area contributed by atoms with Gasteiger partial charge in [-0.3, -0.25) is 0 Å². The van der Waals surface area contributed by atoms with E-state index in [0.717, 1.165) is 60.5 Å². The zero-order valence-electron chi connectivity index (χ0n) is 30.0. The zero-order chi connectivity index (χ0) is 35.8. The van der Waals surface area contributed by atoms with Gasteiger partial charge in [0.15, 0.2) is 0 Å². The molecule has 2 N–H and O–H groups in total. The molecule has 0 aliphatic heterocycles. The molecular weight excluding hydrogens is 662 g/mol. The van der Waals surface area contributed by atoms with Gasteiger partial charge >= 0.3 is 6.18 Å². The summed E-state index contributed by atoms with van der Waals surface area (Å²) in [6, 6.07) is 6.69. The lowest BCUT2D eigenvalue weighted by atomic mass is 10.0. The van der Waals surface area contributed by atoms with Crippen molar-refractivity contribution in [2.24, 2.45) is 11.8 Å². The number of rotatable bonds is 16. The van der Waals surface area contributed by atoms with Crippen molar-refractivity contribution in [3.63, 3.8) is 0 Å². The van der Waals surface area contributed by atoms with Crippen LogP contribution in [0.5, 0.6) is 0 Å². The lowest BCUT2D eigenvalue weighted by molar-refractivity contribution is -0.137. The Balaban J connectivity index is 1.09. The van der Waals surface area contributed by atoms with Crippen LogP contribution in [0.2, 0.25) is 25.7 Å². The maximum atomic E-state index is 13.6. The summed E-state index contributed by atoms with van der Waals surface area (Å²) in [7, 11) is -1.32. The number of nitrogens with zero attached hydrogens (tertiary/aromatic N) is 6. The first kappa shape index (κ1) is 36.9. The number of hydrogen-bond donors (Lipinski definition) is 2. The fourth-order valence-corrected chi connectivity index (χ4v) is 8.04. The summed E-state index contributed by atoms with van der Waals surface area (Å²) < 4.78 is 50.6. The van der Waals surface area contributed by atoms with Crippen LogP contribution in [-0.4, -0.2) is 85.2 Å². The molecule has 3 heterocycles. The highest BCUT2D eigenvalue weighted by Gasteiger charge is 2.43. The summed E-state index contributed by atoms with van der Waals surface area (Å²) in [5.74, 6) is 1.32. The minimum absolute atomic E-state index is 0.108. The van der Waals surface area contributed by atoms with Gasteiger partial charge in [-0.1, -0.05) is 19.6 Å². The molecule has 13 heteroatoms. The quantitative estimate of drug-likeness (QED) is 0.0945. The first-order valence-electron chi connectivity index (χ1n) is 18.2. The van der Waals surface area contributed by atoms with Crippen molar-refractivity contribution in [3.05, 3.63) is 53.9 Å². The number of fused-ring (bicyclic) bond motifs is 2. The molecule has 50 heavy (non-hydrogen) atoms. The van der Waals surface area contributed by atoms with E-state index in [1.54, 1.807) is 10.9 Å². The lowest BCUT2D eigenvalue weighted by Crippen LogP contribution is -2.40. The first-order valence-corrected chi connectivity index (χ1v) is 21.9. The van der Waals surface area contributed by atoms with Crippen LogP contribution in [-0.2, 0) is 30.5 Å². The number of aliphatic hydroxyl groups is 2. The molecule has 0 radical (unpaired) electrons. The van der Waals surface area contributed by atoms with E-state index in [-0.39, 0.29) is 24.7 Å². The molecule has 1 aromatic carbocycles. The smallest absolute Gasteiger partial charge is 0.390 e. The second-order valence-corrected chi connectivity index (χ2v) is 21.6. The Morgan fingerprint density at radius 1 is 1.06 bits per heavy atom. The van der Waals surface area contributed by atoms with Gasteiger partial charge in [-0.15, -0.1) is 0 Å². The van der Waals surface area contributed by atoms with Crippen LogP contribution >= 0.6 is 0 Å². The number of benzene rings is 1. The molecule has 6 rings (SSSR count). The van der Waals surface area contributed by atoms with E-state index in [1.807, 2.05) is 16.8 Å². The number of aliphatic hydroxyl groups excluding tert-OH is 2. The molecule has 3 aromatic heterocycles. The monoisotopic (exact) mass is 714 g/mol. The number of unbranched alkanes of at least 4 members (excludes halogenated alkanes) is 1. The van der Waals surface area contributed by atoms with Crippen LogP contribution in [0.25, 0.3) is 22.1 Å². The van der Waals surface area contributed by atoms with Crippen molar-refractivity contribution >= 4 is 30.1 Å². The van der Waals surface area contributed by atoms with Crippen LogP contribution in [0.4, 0.5) is 13.2 Å². The van der Waals surface area contributed by atoms with Crippen molar-refractivity contribution in [1.29, 1.82) is 0 Å². The molecule has 4 atom stereocenters. The summed E-state index contributed by atoms with van der Waals surface area (Å²) in [5.41, 5.74) is 2.16. The average molecular weight is 715 g/mol. The molecule has 3 unspecified atom stereocenters. The maximum Gasteiger partial charge on any atom is 0.416 e. The number of ether oxygens (including phenoxy) is 1. The summed E-state index contributed by atoms with van der Waals surface area (Å²) in [5, 5.41) is 23.5. The summed E-state index contributed by atoms with van der Waals surface area (Å²) in [6.07, 6.45) is 3.74. The van der Waals surface area contributed by atoms with E-state index >= 15 is 0 Å². The van der Waals surface area contributed by atoms with Crippen LogP contribution in [0.15, 0.2) is 36.8 Å². The second-order valence-electron chi connectivity index (χ2n) is 16.0. The largest absolute Gasteiger partial charge is 0.416 e. The maximum absolute atomic E-state index is 13.6. The van der Waals surface area contributed by atoms with Crippen LogP contribution in [0, 0.1) is 11.8 Å². The summed E-state index contributed by atoms with van der Waals surface area (Å²) >= 11 is 0. The summed E-state index contributed by atoms with van der Waals surface area (Å²) in [6.45, 7) is 13.3. The topological polar surface area (TPSA) is 101 Å². The van der Waals surface area contributed by atoms with Gasteiger partial charge in [0.2, 0.25) is 0 Å². The van der Waals surface area contributed by atoms with Gasteiger partial charge in [0.1, 0.15) is 30.6 Å². The fraction of sp³-hybridized carbons (Fsp3) is 0.649. The van der Waals surface area contributed by atoms with Gasteiger partial charge in [0, 0.05) is 51.2 Å². The predicted molar refractivity (Wildman–Crippen MR) is 192 cm³/mol. The number of hydrogen-bond acceptors (Lipinski definition) is 7. The molecule has 9 nitrogen and oxygen atoms in total. The van der Waals surface area contributed by atoms with Crippen molar-refractivity contribution in [3.8, 4) is 0 Å². The predicted octanol–water partition coefficient (Wildman–Crippen LogP) is 7.08. The third-order valence-electron chi connectivity index (χ3n) is 10.6. The van der Waals surface area contributed by atoms with Crippen molar-refractivity contribution < 1.29 is 28.1 Å². The Kier molecular flexibility index (Phi) is 11.1. The minimum Gasteiger partial charge on any atom is -0.390 e. The van der Waals surface area contributed by atoms with Crippen LogP contribution in [0.1, 0.15) is 69.1 Å². The van der Waals surface area contributed by atoms with Crippen molar-refractivity contribution in [1.82, 2.24) is 29.0 Å². The fourth-order valence-electron chi connectivity index (χ4n) is 7.28. The molecule has 2 aliphatic rings. The van der Waals surface area contributed by atoms with Crippen molar-refractivity contribution in [2.75, 3.05) is 19.7 Å². The minimum atomic E-state index is -4.44. The van der Waals surface area contributed by atoms with E-state index in [0.29, 0.717) is 42.9 Å². The third kappa shape index (κ3) is 8.60. The lowest BCUT2D eigenvalue weighted by Gasteiger charge is -2.30. The molecule has 0 amide bonds. The normalized spacial score (nSPS) is 21.8. The first-order chi connectivity index (χ1) is 23.7. The zero-order valence-corrected chi connectivity index (χ0v) is 31.0. The third-order valence-corrected chi connectivity index (χ3v) is 12.3. The number of alkyl halides is 3. The highest BCUT2D eigenvalue weighted by Crippen LogP contribution is 2.39. The molecule has 2 fully saturated rings. The summed E-state index contributed by atoms with van der Waals surface area (Å²) in [4.78, 5) is 16.2. The molecule has 2 aliphatic carbocycles. The number of aryl methyl sites for hydroxylation is 1. The molecule has 2 saturated carbocycles. The SMILES string of the molecule is CC(C)N(CCCCc1nc2ccc(C(F)(F)F)cc2n1COCC[Si](C)(C)C)CC1CC(n2ccc3c(CC4CC4)ncnc32)C(O)[C@@H]1O. The number of imidazole rings is 1. The van der Waals surface area contributed by atoms with Gasteiger partial charge in [0.25, 0.3) is 0 Å². The Bertz CT molecular complexity index is 1750. The Morgan fingerprint density at radius 2 is 1.84 bits per heavy atom. The van der Waals surface area contributed by atoms with Crippen LogP contribution < -0.4 is 0 Å². The molecular formula is C37H53F3N6O3Si. The Morgan fingerprint density at radius 3 is 2.54 bits per heavy atom. The molecule has 0 spiro atoms. The number of halogens is 3. The van der Waals surface area contributed by atoms with Gasteiger partial charge in [-0.05, 0) is 95.1 Å². The second kappa shape index (κ2) is 15.0. The van der Waals surface area contributed by atoms with Crippen LogP contribution in [0.3, 0.4) is 0 Å². The highest BCUT2D eigenvalue weighted by atomic mass is 28.3. The molecule has 0 bridgehead atoms. The number of aromatic nitrogens is 5. The average Bonchev–Trinajstić information content (AvgIpc) is 3.55. The molecule has 0 saturated heterocycles. The van der Waals surface area contributed by atoms with E-state index in [4.69, 9.17) is 9.72 Å². The van der Waals surface area contributed by atoms with Gasteiger partial charge in [-0.25, -0.2) is 15.0 Å². The molecule has 4 aromatic rings. The standard InChI is InChI=1S/C37H53F3N6O3Si/c1-24(2)44(21-26-19-32(35(48)34(26)47)45-15-13-28-30(18-25-9-10-25)41-22-42-36(28)45)14-7-6-8-33-43-29-12-11-27(37(38,39)40)20-31(29)46(33)23-49-16-17-50(3,4)5/h11-13,15,20,22,24-26,32,34-35,47-48H,6-10,14,16-19,21,23H2,1-5H3/t26?,32?,34-,35?/m1/s1. The van der Waals surface area contributed by atoms with Crippen molar-refractivity contribution in [2.45, 2.75) is 122 Å². The van der Waals surface area contributed by atoms with E-state index in [9.17, 15) is 23.4 Å². The Hall–Kier alpha value is -2.84. The highest BCUT2D eigenvalue weighted by molar-refractivity contribution is 6.76. The van der Waals surface area contributed by atoms with Gasteiger partial charge in [-0.2, -0.15) is 13.2 Å². The van der Waals surface area contributed by atoms with Gasteiger partial charge in [0.05, 0.1) is 34.4 Å². The molecule has 274 valence electrons.